The third kappa shape index (κ3) is 5.36. The van der Waals surface area contributed by atoms with Crippen molar-refractivity contribution in [2.75, 3.05) is 0 Å². The third-order valence-corrected chi connectivity index (χ3v) is 4.64. The molecule has 0 aliphatic heterocycles. The van der Waals surface area contributed by atoms with E-state index >= 15 is 0 Å². The molecule has 0 aliphatic rings. The fraction of sp³-hybridized carbons (Fsp3) is 0.150. The van der Waals surface area contributed by atoms with Crippen molar-refractivity contribution < 1.29 is 4.74 Å². The summed E-state index contributed by atoms with van der Waals surface area (Å²) in [5.41, 5.74) is 3.02. The van der Waals surface area contributed by atoms with E-state index in [2.05, 4.69) is 10.3 Å². The van der Waals surface area contributed by atoms with E-state index in [1.165, 1.54) is 0 Å². The molecule has 0 radical (unpaired) electrons. The summed E-state index contributed by atoms with van der Waals surface area (Å²) < 4.78 is 5.97. The van der Waals surface area contributed by atoms with Gasteiger partial charge in [0.05, 0.1) is 0 Å². The van der Waals surface area contributed by atoms with Gasteiger partial charge in [0, 0.05) is 51.7 Å². The number of halogens is 3. The van der Waals surface area contributed by atoms with Crippen molar-refractivity contribution in [3.05, 3.63) is 92.7 Å². The first-order valence-corrected chi connectivity index (χ1v) is 9.20. The van der Waals surface area contributed by atoms with Crippen LogP contribution in [0.4, 0.5) is 0 Å². The first-order chi connectivity index (χ1) is 12.6. The van der Waals surface area contributed by atoms with Crippen LogP contribution in [0.25, 0.3) is 0 Å². The second-order valence-electron chi connectivity index (χ2n) is 5.74. The minimum atomic E-state index is 0.356. The molecule has 0 saturated heterocycles. The van der Waals surface area contributed by atoms with E-state index in [9.17, 15) is 0 Å². The quantitative estimate of drug-likeness (QED) is 0.528. The van der Waals surface area contributed by atoms with Crippen molar-refractivity contribution in [3.63, 3.8) is 0 Å². The molecule has 0 atom stereocenters. The molecule has 1 N–H and O–H groups in total. The molecule has 0 bridgehead atoms. The average molecular weight is 408 g/mol. The Balaban J connectivity index is 1.65. The number of benzene rings is 2. The van der Waals surface area contributed by atoms with Crippen LogP contribution in [0, 0.1) is 0 Å². The van der Waals surface area contributed by atoms with Crippen LogP contribution in [-0.2, 0) is 19.7 Å². The minimum absolute atomic E-state index is 0.356. The maximum Gasteiger partial charge on any atom is 0.124 e. The second-order valence-corrected chi connectivity index (χ2v) is 7.02. The van der Waals surface area contributed by atoms with E-state index in [4.69, 9.17) is 39.5 Å². The van der Waals surface area contributed by atoms with Gasteiger partial charge in [-0.1, -0.05) is 40.9 Å². The van der Waals surface area contributed by atoms with Crippen LogP contribution in [0.2, 0.25) is 15.1 Å². The van der Waals surface area contributed by atoms with Gasteiger partial charge in [-0.15, -0.1) is 0 Å². The zero-order chi connectivity index (χ0) is 18.4. The zero-order valence-corrected chi connectivity index (χ0v) is 16.2. The van der Waals surface area contributed by atoms with Crippen LogP contribution in [0.1, 0.15) is 16.7 Å². The Kier molecular flexibility index (Phi) is 6.75. The Labute approximate surface area is 167 Å². The normalized spacial score (nSPS) is 10.7. The molecule has 3 rings (SSSR count). The molecule has 1 aromatic heterocycles. The molecule has 0 amide bonds. The first-order valence-electron chi connectivity index (χ1n) is 8.06. The predicted octanol–water partition coefficient (Wildman–Crippen LogP) is 5.91. The van der Waals surface area contributed by atoms with Crippen LogP contribution in [-0.4, -0.2) is 4.98 Å². The largest absolute Gasteiger partial charge is 0.489 e. The lowest BCUT2D eigenvalue weighted by atomic mass is 10.2. The molecule has 0 fully saturated rings. The van der Waals surface area contributed by atoms with Crippen LogP contribution in [0.5, 0.6) is 5.75 Å². The SMILES string of the molecule is Clc1ccc(COc2ccc(Cl)cc2CNCc2ccncc2)c(Cl)c1. The number of rotatable bonds is 7. The Bertz CT molecular complexity index is 872. The van der Waals surface area contributed by atoms with E-state index in [0.717, 1.165) is 29.0 Å². The van der Waals surface area contributed by atoms with Crippen molar-refractivity contribution in [3.8, 4) is 5.75 Å². The van der Waals surface area contributed by atoms with Gasteiger partial charge in [-0.3, -0.25) is 4.98 Å². The lowest BCUT2D eigenvalue weighted by molar-refractivity contribution is 0.302. The highest BCUT2D eigenvalue weighted by Crippen LogP contribution is 2.26. The zero-order valence-electron chi connectivity index (χ0n) is 13.9. The highest BCUT2D eigenvalue weighted by molar-refractivity contribution is 6.35. The molecule has 3 nitrogen and oxygen atoms in total. The topological polar surface area (TPSA) is 34.1 Å². The molecular formula is C20H17Cl3N2O. The van der Waals surface area contributed by atoms with Crippen molar-refractivity contribution in [1.29, 1.82) is 0 Å². The summed E-state index contributed by atoms with van der Waals surface area (Å²) in [7, 11) is 0. The van der Waals surface area contributed by atoms with Gasteiger partial charge in [0.15, 0.2) is 0 Å². The van der Waals surface area contributed by atoms with Crippen LogP contribution >= 0.6 is 34.8 Å². The lowest BCUT2D eigenvalue weighted by Gasteiger charge is -2.14. The number of hydrogen-bond acceptors (Lipinski definition) is 3. The number of aromatic nitrogens is 1. The standard InChI is InChI=1S/C20H17Cl3N2O/c21-17-3-4-20(26-13-15-1-2-18(22)10-19(15)23)16(9-17)12-25-11-14-5-7-24-8-6-14/h1-10,25H,11-13H2. The van der Waals surface area contributed by atoms with E-state index < -0.39 is 0 Å². The third-order valence-electron chi connectivity index (χ3n) is 3.81. The Hall–Kier alpha value is -1.78. The molecule has 2 aromatic carbocycles. The maximum atomic E-state index is 6.21. The molecule has 1 heterocycles. The fourth-order valence-corrected chi connectivity index (χ4v) is 3.12. The van der Waals surface area contributed by atoms with Gasteiger partial charge >= 0.3 is 0 Å². The number of nitrogens with zero attached hydrogens (tertiary/aromatic N) is 1. The minimum Gasteiger partial charge on any atom is -0.489 e. The Morgan fingerprint density at radius 3 is 2.31 bits per heavy atom. The monoisotopic (exact) mass is 406 g/mol. The van der Waals surface area contributed by atoms with Crippen LogP contribution < -0.4 is 10.1 Å². The maximum absolute atomic E-state index is 6.21. The first kappa shape index (κ1) is 19.0. The Morgan fingerprint density at radius 1 is 0.808 bits per heavy atom. The smallest absolute Gasteiger partial charge is 0.124 e. The fourth-order valence-electron chi connectivity index (χ4n) is 2.46. The van der Waals surface area contributed by atoms with Gasteiger partial charge in [0.25, 0.3) is 0 Å². The summed E-state index contributed by atoms with van der Waals surface area (Å²) in [6, 6.07) is 14.9. The number of nitrogens with one attached hydrogen (secondary N) is 1. The predicted molar refractivity (Wildman–Crippen MR) is 107 cm³/mol. The molecule has 134 valence electrons. The van der Waals surface area contributed by atoms with Crippen molar-refractivity contribution >= 4 is 34.8 Å². The molecule has 6 heteroatoms. The van der Waals surface area contributed by atoms with Crippen LogP contribution in [0.3, 0.4) is 0 Å². The summed E-state index contributed by atoms with van der Waals surface area (Å²) in [4.78, 5) is 4.02. The van der Waals surface area contributed by atoms with Gasteiger partial charge < -0.3 is 10.1 Å². The Morgan fingerprint density at radius 2 is 1.54 bits per heavy atom. The molecule has 3 aromatic rings. The van der Waals surface area contributed by atoms with E-state index in [-0.39, 0.29) is 0 Å². The van der Waals surface area contributed by atoms with Crippen molar-refractivity contribution in [2.45, 2.75) is 19.7 Å². The van der Waals surface area contributed by atoms with Gasteiger partial charge in [-0.25, -0.2) is 0 Å². The molecule has 0 aliphatic carbocycles. The molecule has 0 spiro atoms. The summed E-state index contributed by atoms with van der Waals surface area (Å²) in [6.45, 7) is 1.72. The van der Waals surface area contributed by atoms with Crippen molar-refractivity contribution in [2.24, 2.45) is 0 Å². The number of ether oxygens (including phenoxy) is 1. The van der Waals surface area contributed by atoms with E-state index in [0.29, 0.717) is 28.2 Å². The molecule has 0 unspecified atom stereocenters. The lowest BCUT2D eigenvalue weighted by Crippen LogP contribution is -2.13. The van der Waals surface area contributed by atoms with E-state index in [1.807, 2.05) is 36.4 Å². The van der Waals surface area contributed by atoms with Gasteiger partial charge in [-0.2, -0.15) is 0 Å². The van der Waals surface area contributed by atoms with Crippen LogP contribution in [0.15, 0.2) is 60.9 Å². The summed E-state index contributed by atoms with van der Waals surface area (Å²) in [5.74, 6) is 0.766. The summed E-state index contributed by atoms with van der Waals surface area (Å²) >= 11 is 18.3. The second kappa shape index (κ2) is 9.24. The molecule has 26 heavy (non-hydrogen) atoms. The van der Waals surface area contributed by atoms with Gasteiger partial charge in [-0.05, 0) is 48.0 Å². The average Bonchev–Trinajstić information content (AvgIpc) is 2.63. The highest BCUT2D eigenvalue weighted by Gasteiger charge is 2.08. The van der Waals surface area contributed by atoms with Gasteiger partial charge in [0.1, 0.15) is 12.4 Å². The van der Waals surface area contributed by atoms with Gasteiger partial charge in [0.2, 0.25) is 0 Å². The summed E-state index contributed by atoms with van der Waals surface area (Å²) in [6.07, 6.45) is 3.56. The highest BCUT2D eigenvalue weighted by atomic mass is 35.5. The molecular weight excluding hydrogens is 391 g/mol. The van der Waals surface area contributed by atoms with E-state index in [1.54, 1.807) is 24.5 Å². The molecule has 0 saturated carbocycles. The number of hydrogen-bond donors (Lipinski definition) is 1. The number of pyridine rings is 1. The van der Waals surface area contributed by atoms with Crippen molar-refractivity contribution in [1.82, 2.24) is 10.3 Å². The summed E-state index contributed by atoms with van der Waals surface area (Å²) in [5, 5.41) is 5.25.